The molecule has 1 rings (SSSR count). The molecule has 0 heterocycles. The fraction of sp³-hybridized carbons (Fsp3) is 1.00. The van der Waals surface area contributed by atoms with Crippen LogP contribution < -0.4 is 0 Å². The first-order valence-corrected chi connectivity index (χ1v) is 4.62. The average molecular weight is 157 g/mol. The highest BCUT2D eigenvalue weighted by atomic mass is 16.3. The van der Waals surface area contributed by atoms with Crippen molar-refractivity contribution in [3.63, 3.8) is 0 Å². The predicted molar refractivity (Wildman–Crippen MR) is 46.5 cm³/mol. The maximum absolute atomic E-state index is 8.67. The Morgan fingerprint density at radius 2 is 2.00 bits per heavy atom. The first-order chi connectivity index (χ1) is 5.33. The van der Waals surface area contributed by atoms with Gasteiger partial charge in [0, 0.05) is 13.1 Å². The zero-order valence-corrected chi connectivity index (χ0v) is 7.42. The monoisotopic (exact) mass is 157 g/mol. The van der Waals surface area contributed by atoms with Gasteiger partial charge >= 0.3 is 0 Å². The first kappa shape index (κ1) is 9.01. The highest BCUT2D eigenvalue weighted by molar-refractivity contribution is 4.69. The quantitative estimate of drug-likeness (QED) is 0.660. The highest BCUT2D eigenvalue weighted by Crippen LogP contribution is 2.24. The Balaban J connectivity index is 2.08. The van der Waals surface area contributed by atoms with E-state index >= 15 is 0 Å². The molecule has 0 bridgehead atoms. The molecule has 2 heteroatoms. The average Bonchev–Trinajstić information content (AvgIpc) is 2.40. The van der Waals surface area contributed by atoms with Gasteiger partial charge in [-0.25, -0.2) is 0 Å². The van der Waals surface area contributed by atoms with Crippen LogP contribution in [0.2, 0.25) is 0 Å². The molecule has 0 aromatic heterocycles. The van der Waals surface area contributed by atoms with E-state index in [0.717, 1.165) is 12.5 Å². The van der Waals surface area contributed by atoms with Gasteiger partial charge in [-0.1, -0.05) is 12.8 Å². The molecule has 1 fully saturated rings. The van der Waals surface area contributed by atoms with Crippen molar-refractivity contribution >= 4 is 0 Å². The zero-order chi connectivity index (χ0) is 8.10. The van der Waals surface area contributed by atoms with Gasteiger partial charge in [0.25, 0.3) is 0 Å². The molecular weight excluding hydrogens is 138 g/mol. The van der Waals surface area contributed by atoms with Gasteiger partial charge in [-0.05, 0) is 25.8 Å². The van der Waals surface area contributed by atoms with E-state index in [4.69, 9.17) is 5.11 Å². The van der Waals surface area contributed by atoms with Gasteiger partial charge in [-0.3, -0.25) is 0 Å². The summed E-state index contributed by atoms with van der Waals surface area (Å²) in [5.74, 6) is 0.909. The maximum Gasteiger partial charge on any atom is 0.0558 e. The summed E-state index contributed by atoms with van der Waals surface area (Å²) in [7, 11) is 2.09. The lowest BCUT2D eigenvalue weighted by atomic mass is 10.1. The van der Waals surface area contributed by atoms with Crippen molar-refractivity contribution in [1.82, 2.24) is 4.90 Å². The van der Waals surface area contributed by atoms with Crippen molar-refractivity contribution in [3.8, 4) is 0 Å². The van der Waals surface area contributed by atoms with Crippen molar-refractivity contribution < 1.29 is 5.11 Å². The van der Waals surface area contributed by atoms with E-state index in [9.17, 15) is 0 Å². The predicted octanol–water partition coefficient (Wildman–Crippen LogP) is 1.10. The van der Waals surface area contributed by atoms with Crippen molar-refractivity contribution in [3.05, 3.63) is 0 Å². The second-order valence-electron chi connectivity index (χ2n) is 3.64. The molecule has 1 aliphatic carbocycles. The number of aliphatic hydroxyl groups is 1. The summed E-state index contributed by atoms with van der Waals surface area (Å²) >= 11 is 0. The molecule has 0 spiro atoms. The van der Waals surface area contributed by atoms with E-state index < -0.39 is 0 Å². The summed E-state index contributed by atoms with van der Waals surface area (Å²) < 4.78 is 0. The van der Waals surface area contributed by atoms with Crippen LogP contribution in [0, 0.1) is 5.92 Å². The number of hydrogen-bond donors (Lipinski definition) is 1. The van der Waals surface area contributed by atoms with Crippen LogP contribution in [0.5, 0.6) is 0 Å². The van der Waals surface area contributed by atoms with Crippen LogP contribution >= 0.6 is 0 Å². The minimum atomic E-state index is 0.295. The minimum Gasteiger partial charge on any atom is -0.395 e. The number of rotatable bonds is 4. The second-order valence-corrected chi connectivity index (χ2v) is 3.64. The van der Waals surface area contributed by atoms with Crippen LogP contribution in [0.25, 0.3) is 0 Å². The van der Waals surface area contributed by atoms with E-state index in [0.29, 0.717) is 6.61 Å². The number of aliphatic hydroxyl groups excluding tert-OH is 1. The van der Waals surface area contributed by atoms with Crippen molar-refractivity contribution in [2.45, 2.75) is 25.7 Å². The standard InChI is InChI=1S/C9H19NO/c1-10(6-7-11)8-9-4-2-3-5-9/h9,11H,2-8H2,1H3. The van der Waals surface area contributed by atoms with Crippen molar-refractivity contribution in [2.24, 2.45) is 5.92 Å². The summed E-state index contributed by atoms with van der Waals surface area (Å²) in [5.41, 5.74) is 0. The number of nitrogens with zero attached hydrogens (tertiary/aromatic N) is 1. The molecule has 11 heavy (non-hydrogen) atoms. The Labute approximate surface area is 69.2 Å². The normalized spacial score (nSPS) is 19.9. The van der Waals surface area contributed by atoms with Gasteiger partial charge in [0.1, 0.15) is 0 Å². The Morgan fingerprint density at radius 3 is 2.55 bits per heavy atom. The zero-order valence-electron chi connectivity index (χ0n) is 7.42. The van der Waals surface area contributed by atoms with Crippen molar-refractivity contribution in [1.29, 1.82) is 0 Å². The molecule has 0 amide bonds. The minimum absolute atomic E-state index is 0.295. The number of likely N-dealkylation sites (N-methyl/N-ethyl adjacent to an activating group) is 1. The van der Waals surface area contributed by atoms with E-state index in [1.54, 1.807) is 0 Å². The molecule has 0 saturated heterocycles. The summed E-state index contributed by atoms with van der Waals surface area (Å²) in [6.07, 6.45) is 5.63. The van der Waals surface area contributed by atoms with Crippen LogP contribution in [0.15, 0.2) is 0 Å². The fourth-order valence-electron chi connectivity index (χ4n) is 1.90. The van der Waals surface area contributed by atoms with E-state index in [1.165, 1.54) is 32.2 Å². The lowest BCUT2D eigenvalue weighted by molar-refractivity contribution is 0.203. The summed E-state index contributed by atoms with van der Waals surface area (Å²) in [5, 5.41) is 8.67. The van der Waals surface area contributed by atoms with E-state index in [1.807, 2.05) is 0 Å². The molecule has 0 aromatic rings. The third-order valence-corrected chi connectivity index (χ3v) is 2.53. The Bertz CT molecular complexity index is 99.7. The van der Waals surface area contributed by atoms with Crippen LogP contribution in [-0.4, -0.2) is 36.8 Å². The molecule has 0 aromatic carbocycles. The molecular formula is C9H19NO. The van der Waals surface area contributed by atoms with Crippen LogP contribution in [0.4, 0.5) is 0 Å². The van der Waals surface area contributed by atoms with Gasteiger partial charge in [-0.2, -0.15) is 0 Å². The third-order valence-electron chi connectivity index (χ3n) is 2.53. The topological polar surface area (TPSA) is 23.5 Å². The molecule has 0 atom stereocenters. The lowest BCUT2D eigenvalue weighted by Crippen LogP contribution is -2.27. The van der Waals surface area contributed by atoms with Crippen LogP contribution in [0.3, 0.4) is 0 Å². The van der Waals surface area contributed by atoms with Gasteiger partial charge in [0.2, 0.25) is 0 Å². The lowest BCUT2D eigenvalue weighted by Gasteiger charge is -2.19. The molecule has 1 aliphatic rings. The van der Waals surface area contributed by atoms with Gasteiger partial charge < -0.3 is 10.0 Å². The largest absolute Gasteiger partial charge is 0.395 e. The molecule has 0 aliphatic heterocycles. The molecule has 2 nitrogen and oxygen atoms in total. The van der Waals surface area contributed by atoms with E-state index in [-0.39, 0.29) is 0 Å². The Kier molecular flexibility index (Phi) is 3.87. The maximum atomic E-state index is 8.67. The molecule has 1 N–H and O–H groups in total. The molecule has 0 radical (unpaired) electrons. The van der Waals surface area contributed by atoms with Gasteiger partial charge in [0.05, 0.1) is 6.61 Å². The smallest absolute Gasteiger partial charge is 0.0558 e. The second kappa shape index (κ2) is 4.73. The van der Waals surface area contributed by atoms with Crippen LogP contribution in [0.1, 0.15) is 25.7 Å². The SMILES string of the molecule is CN(CCO)CC1CCCC1. The summed E-state index contributed by atoms with van der Waals surface area (Å²) in [6.45, 7) is 2.31. The Morgan fingerprint density at radius 1 is 1.36 bits per heavy atom. The molecule has 0 unspecified atom stereocenters. The molecule has 1 saturated carbocycles. The number of hydrogen-bond acceptors (Lipinski definition) is 2. The van der Waals surface area contributed by atoms with E-state index in [2.05, 4.69) is 11.9 Å². The highest BCUT2D eigenvalue weighted by Gasteiger charge is 2.15. The van der Waals surface area contributed by atoms with Gasteiger partial charge in [0.15, 0.2) is 0 Å². The molecule has 66 valence electrons. The van der Waals surface area contributed by atoms with Gasteiger partial charge in [-0.15, -0.1) is 0 Å². The van der Waals surface area contributed by atoms with Crippen LogP contribution in [-0.2, 0) is 0 Å². The van der Waals surface area contributed by atoms with Crippen molar-refractivity contribution in [2.75, 3.05) is 26.7 Å². The summed E-state index contributed by atoms with van der Waals surface area (Å²) in [6, 6.07) is 0. The summed E-state index contributed by atoms with van der Waals surface area (Å²) in [4.78, 5) is 2.23. The Hall–Kier alpha value is -0.0800. The third kappa shape index (κ3) is 3.21. The first-order valence-electron chi connectivity index (χ1n) is 4.62. The fourth-order valence-corrected chi connectivity index (χ4v) is 1.90.